The first kappa shape index (κ1) is 10.9. The lowest BCUT2D eigenvalue weighted by Gasteiger charge is -2.08. The zero-order valence-electron chi connectivity index (χ0n) is 9.90. The maximum absolute atomic E-state index is 4.38. The van der Waals surface area contributed by atoms with E-state index in [0.717, 1.165) is 18.5 Å². The van der Waals surface area contributed by atoms with Gasteiger partial charge in [-0.2, -0.15) is 0 Å². The number of aromatic nitrogens is 1. The van der Waals surface area contributed by atoms with Crippen LogP contribution >= 0.6 is 0 Å². The maximum Gasteiger partial charge on any atom is 0.0702 e. The molecule has 1 aromatic carbocycles. The Bertz CT molecular complexity index is 460. The van der Waals surface area contributed by atoms with Crippen LogP contribution in [0.1, 0.15) is 25.0 Å². The lowest BCUT2D eigenvalue weighted by molar-refractivity contribution is 1.04. The molecule has 0 radical (unpaired) electrons. The summed E-state index contributed by atoms with van der Waals surface area (Å²) in [5.74, 6) is 0. The third-order valence-electron chi connectivity index (χ3n) is 2.93. The van der Waals surface area contributed by atoms with Crippen LogP contribution in [0.2, 0.25) is 0 Å². The minimum atomic E-state index is 1.06. The van der Waals surface area contributed by atoms with E-state index in [1.54, 1.807) is 0 Å². The largest absolute Gasteiger partial charge is 0.256 e. The second-order valence-electron chi connectivity index (χ2n) is 3.91. The fourth-order valence-electron chi connectivity index (χ4n) is 1.99. The van der Waals surface area contributed by atoms with E-state index in [9.17, 15) is 0 Å². The van der Waals surface area contributed by atoms with Crippen molar-refractivity contribution in [1.82, 2.24) is 4.98 Å². The smallest absolute Gasteiger partial charge is 0.0702 e. The molecule has 0 aliphatic heterocycles. The van der Waals surface area contributed by atoms with Gasteiger partial charge in [0.1, 0.15) is 0 Å². The second-order valence-corrected chi connectivity index (χ2v) is 3.91. The molecule has 16 heavy (non-hydrogen) atoms. The Hall–Kier alpha value is -1.63. The van der Waals surface area contributed by atoms with Gasteiger partial charge in [0, 0.05) is 11.8 Å². The summed E-state index contributed by atoms with van der Waals surface area (Å²) in [6, 6.07) is 12.7. The van der Waals surface area contributed by atoms with E-state index >= 15 is 0 Å². The molecule has 1 aromatic heterocycles. The van der Waals surface area contributed by atoms with Gasteiger partial charge < -0.3 is 0 Å². The normalized spacial score (nSPS) is 10.4. The van der Waals surface area contributed by atoms with Crippen LogP contribution in [0.15, 0.2) is 42.6 Å². The molecule has 0 saturated heterocycles. The highest BCUT2D eigenvalue weighted by atomic mass is 14.7. The van der Waals surface area contributed by atoms with Crippen molar-refractivity contribution in [1.29, 1.82) is 0 Å². The van der Waals surface area contributed by atoms with Gasteiger partial charge >= 0.3 is 0 Å². The topological polar surface area (TPSA) is 12.9 Å². The molecule has 0 bridgehead atoms. The first-order valence-corrected chi connectivity index (χ1v) is 5.88. The molecular formula is C15H17N. The third kappa shape index (κ3) is 2.13. The Balaban J connectivity index is 2.44. The molecule has 0 spiro atoms. The summed E-state index contributed by atoms with van der Waals surface area (Å²) in [5, 5.41) is 0. The zero-order chi connectivity index (χ0) is 11.4. The van der Waals surface area contributed by atoms with E-state index in [1.165, 1.54) is 16.7 Å². The molecule has 0 amide bonds. The zero-order valence-corrected chi connectivity index (χ0v) is 9.90. The van der Waals surface area contributed by atoms with Crippen LogP contribution in [0.4, 0.5) is 0 Å². The van der Waals surface area contributed by atoms with Gasteiger partial charge in [0.05, 0.1) is 5.69 Å². The highest BCUT2D eigenvalue weighted by Gasteiger charge is 2.03. The lowest BCUT2D eigenvalue weighted by atomic mass is 9.98. The molecule has 1 heterocycles. The summed E-state index contributed by atoms with van der Waals surface area (Å²) in [4.78, 5) is 4.38. The van der Waals surface area contributed by atoms with Crippen molar-refractivity contribution < 1.29 is 0 Å². The molecular weight excluding hydrogens is 194 g/mol. The van der Waals surface area contributed by atoms with Gasteiger partial charge in [-0.05, 0) is 42.2 Å². The van der Waals surface area contributed by atoms with Crippen molar-refractivity contribution >= 4 is 0 Å². The van der Waals surface area contributed by atoms with Crippen LogP contribution in [0, 0.1) is 0 Å². The molecule has 0 unspecified atom stereocenters. The number of aryl methyl sites for hydroxylation is 2. The van der Waals surface area contributed by atoms with E-state index < -0.39 is 0 Å². The van der Waals surface area contributed by atoms with E-state index in [-0.39, 0.29) is 0 Å². The molecule has 82 valence electrons. The van der Waals surface area contributed by atoms with E-state index in [1.807, 2.05) is 18.3 Å². The van der Waals surface area contributed by atoms with Gasteiger partial charge in [0.2, 0.25) is 0 Å². The van der Waals surface area contributed by atoms with Crippen molar-refractivity contribution in [2.45, 2.75) is 26.7 Å². The third-order valence-corrected chi connectivity index (χ3v) is 2.93. The van der Waals surface area contributed by atoms with Gasteiger partial charge in [0.15, 0.2) is 0 Å². The molecule has 0 aliphatic carbocycles. The highest BCUT2D eigenvalue weighted by Crippen LogP contribution is 2.21. The number of hydrogen-bond acceptors (Lipinski definition) is 1. The average Bonchev–Trinajstić information content (AvgIpc) is 2.39. The van der Waals surface area contributed by atoms with Crippen LogP contribution < -0.4 is 0 Å². The van der Waals surface area contributed by atoms with Gasteiger partial charge in [-0.1, -0.05) is 32.0 Å². The lowest BCUT2D eigenvalue weighted by Crippen LogP contribution is -1.92. The Kier molecular flexibility index (Phi) is 3.35. The Morgan fingerprint density at radius 3 is 2.38 bits per heavy atom. The summed E-state index contributed by atoms with van der Waals surface area (Å²) >= 11 is 0. The first-order chi connectivity index (χ1) is 7.85. The average molecular weight is 211 g/mol. The quantitative estimate of drug-likeness (QED) is 0.751. The van der Waals surface area contributed by atoms with E-state index in [0.29, 0.717) is 0 Å². The van der Waals surface area contributed by atoms with Crippen molar-refractivity contribution in [2.75, 3.05) is 0 Å². The predicted molar refractivity (Wildman–Crippen MR) is 68.4 cm³/mol. The van der Waals surface area contributed by atoms with Gasteiger partial charge in [0.25, 0.3) is 0 Å². The maximum atomic E-state index is 4.38. The Morgan fingerprint density at radius 1 is 0.938 bits per heavy atom. The molecule has 0 fully saturated rings. The van der Waals surface area contributed by atoms with Crippen LogP contribution in [0.5, 0.6) is 0 Å². The minimum absolute atomic E-state index is 1.06. The molecule has 0 saturated carbocycles. The molecule has 1 nitrogen and oxygen atoms in total. The van der Waals surface area contributed by atoms with Crippen LogP contribution in [0.3, 0.4) is 0 Å². The fourth-order valence-corrected chi connectivity index (χ4v) is 1.99. The van der Waals surface area contributed by atoms with Gasteiger partial charge in [-0.15, -0.1) is 0 Å². The number of nitrogens with zero attached hydrogens (tertiary/aromatic N) is 1. The number of benzene rings is 1. The Morgan fingerprint density at radius 2 is 1.75 bits per heavy atom. The predicted octanol–water partition coefficient (Wildman–Crippen LogP) is 3.87. The van der Waals surface area contributed by atoms with Crippen molar-refractivity contribution in [2.24, 2.45) is 0 Å². The second kappa shape index (κ2) is 4.93. The van der Waals surface area contributed by atoms with Crippen molar-refractivity contribution in [3.63, 3.8) is 0 Å². The monoisotopic (exact) mass is 211 g/mol. The molecule has 2 rings (SSSR count). The standard InChI is InChI=1S/C15H17N/c1-3-12-8-9-14(11-13(12)4-2)15-7-5-6-10-16-15/h5-11H,3-4H2,1-2H3. The number of hydrogen-bond donors (Lipinski definition) is 0. The summed E-state index contributed by atoms with van der Waals surface area (Å²) in [6.07, 6.45) is 4.03. The summed E-state index contributed by atoms with van der Waals surface area (Å²) in [5.41, 5.74) is 5.15. The van der Waals surface area contributed by atoms with E-state index in [2.05, 4.69) is 43.1 Å². The highest BCUT2D eigenvalue weighted by molar-refractivity contribution is 5.60. The molecule has 2 aromatic rings. The van der Waals surface area contributed by atoms with Gasteiger partial charge in [-0.25, -0.2) is 0 Å². The van der Waals surface area contributed by atoms with Crippen LogP contribution in [0.25, 0.3) is 11.3 Å². The molecule has 0 N–H and O–H groups in total. The minimum Gasteiger partial charge on any atom is -0.256 e. The summed E-state index contributed by atoms with van der Waals surface area (Å²) < 4.78 is 0. The van der Waals surface area contributed by atoms with Crippen molar-refractivity contribution in [3.05, 3.63) is 53.7 Å². The molecule has 1 heteroatoms. The molecule has 0 atom stereocenters. The van der Waals surface area contributed by atoms with Gasteiger partial charge in [-0.3, -0.25) is 4.98 Å². The van der Waals surface area contributed by atoms with E-state index in [4.69, 9.17) is 0 Å². The van der Waals surface area contributed by atoms with Crippen LogP contribution in [-0.2, 0) is 12.8 Å². The first-order valence-electron chi connectivity index (χ1n) is 5.88. The van der Waals surface area contributed by atoms with Crippen molar-refractivity contribution in [3.8, 4) is 11.3 Å². The molecule has 0 aliphatic rings. The fraction of sp³-hybridized carbons (Fsp3) is 0.267. The Labute approximate surface area is 97.2 Å². The SMILES string of the molecule is CCc1ccc(-c2ccccn2)cc1CC. The summed E-state index contributed by atoms with van der Waals surface area (Å²) in [7, 11) is 0. The number of pyridine rings is 1. The van der Waals surface area contributed by atoms with Crippen LogP contribution in [-0.4, -0.2) is 4.98 Å². The summed E-state index contributed by atoms with van der Waals surface area (Å²) in [6.45, 7) is 4.41. The number of rotatable bonds is 3.